The van der Waals surface area contributed by atoms with Gasteiger partial charge in [-0.25, -0.2) is 0 Å². The molecule has 2 aromatic carbocycles. The summed E-state index contributed by atoms with van der Waals surface area (Å²) in [5.74, 6) is 0.962. The number of unbranched alkanes of at least 4 members (excludes halogenated alkanes) is 3. The third-order valence-corrected chi connectivity index (χ3v) is 3.69. The second-order valence-corrected chi connectivity index (χ2v) is 5.72. The van der Waals surface area contributed by atoms with E-state index in [0.29, 0.717) is 0 Å². The highest BCUT2D eigenvalue weighted by atomic mass is 16.5. The summed E-state index contributed by atoms with van der Waals surface area (Å²) in [5.41, 5.74) is 3.71. The van der Waals surface area contributed by atoms with Gasteiger partial charge in [-0.3, -0.25) is 0 Å². The summed E-state index contributed by atoms with van der Waals surface area (Å²) < 4.78 is 5.76. The highest BCUT2D eigenvalue weighted by Gasteiger charge is 1.94. The molecule has 1 nitrogen and oxygen atoms in total. The summed E-state index contributed by atoms with van der Waals surface area (Å²) in [6, 6.07) is 16.9. The Hall–Kier alpha value is -2.02. The Morgan fingerprint density at radius 2 is 1.36 bits per heavy atom. The normalized spacial score (nSPS) is 11.0. The first kappa shape index (κ1) is 16.4. The number of hydrogen-bond acceptors (Lipinski definition) is 1. The van der Waals surface area contributed by atoms with Crippen molar-refractivity contribution in [3.63, 3.8) is 0 Å². The van der Waals surface area contributed by atoms with Gasteiger partial charge in [0.25, 0.3) is 0 Å². The van der Waals surface area contributed by atoms with Crippen LogP contribution < -0.4 is 4.74 Å². The lowest BCUT2D eigenvalue weighted by Crippen LogP contribution is -1.96. The van der Waals surface area contributed by atoms with Crippen LogP contribution >= 0.6 is 0 Å². The van der Waals surface area contributed by atoms with Gasteiger partial charge in [-0.15, -0.1) is 0 Å². The van der Waals surface area contributed by atoms with E-state index in [9.17, 15) is 0 Å². The average molecular weight is 294 g/mol. The molecule has 2 aromatic rings. The zero-order valence-corrected chi connectivity index (χ0v) is 13.7. The van der Waals surface area contributed by atoms with E-state index in [1.165, 1.54) is 36.0 Å². The standard InChI is InChI=1S/C21H26O/c1-3-4-5-6-17-22-21-15-13-20(14-16-21)12-11-19-9-7-18(2)8-10-19/h7-16H,3-6,17H2,1-2H3/b12-11+. The largest absolute Gasteiger partial charge is 0.494 e. The Morgan fingerprint density at radius 1 is 0.773 bits per heavy atom. The van der Waals surface area contributed by atoms with Crippen LogP contribution in [-0.4, -0.2) is 6.61 Å². The molecular weight excluding hydrogens is 268 g/mol. The maximum Gasteiger partial charge on any atom is 0.119 e. The monoisotopic (exact) mass is 294 g/mol. The van der Waals surface area contributed by atoms with Gasteiger partial charge in [-0.1, -0.05) is 80.3 Å². The summed E-state index contributed by atoms with van der Waals surface area (Å²) in [4.78, 5) is 0. The molecule has 0 saturated carbocycles. The molecule has 0 unspecified atom stereocenters. The van der Waals surface area contributed by atoms with Crippen molar-refractivity contribution >= 4 is 12.2 Å². The fourth-order valence-electron chi connectivity index (χ4n) is 2.26. The fraction of sp³-hybridized carbons (Fsp3) is 0.333. The lowest BCUT2D eigenvalue weighted by Gasteiger charge is -2.06. The smallest absolute Gasteiger partial charge is 0.119 e. The van der Waals surface area contributed by atoms with Gasteiger partial charge < -0.3 is 4.74 Å². The first-order valence-corrected chi connectivity index (χ1v) is 8.25. The first-order chi connectivity index (χ1) is 10.8. The zero-order valence-electron chi connectivity index (χ0n) is 13.7. The summed E-state index contributed by atoms with van der Waals surface area (Å²) in [6.07, 6.45) is 9.24. The van der Waals surface area contributed by atoms with Gasteiger partial charge in [-0.05, 0) is 36.6 Å². The van der Waals surface area contributed by atoms with Crippen molar-refractivity contribution in [2.24, 2.45) is 0 Å². The molecule has 1 heteroatoms. The molecule has 0 spiro atoms. The van der Waals surface area contributed by atoms with Crippen molar-refractivity contribution in [3.8, 4) is 5.75 Å². The maximum atomic E-state index is 5.76. The molecule has 22 heavy (non-hydrogen) atoms. The second-order valence-electron chi connectivity index (χ2n) is 5.72. The minimum atomic E-state index is 0.818. The second kappa shape index (κ2) is 9.09. The van der Waals surface area contributed by atoms with Crippen LogP contribution in [0, 0.1) is 6.92 Å². The number of benzene rings is 2. The Balaban J connectivity index is 1.82. The van der Waals surface area contributed by atoms with E-state index < -0.39 is 0 Å². The highest BCUT2D eigenvalue weighted by Crippen LogP contribution is 2.15. The van der Waals surface area contributed by atoms with Crippen molar-refractivity contribution < 1.29 is 4.74 Å². The van der Waals surface area contributed by atoms with Gasteiger partial charge in [0.2, 0.25) is 0 Å². The van der Waals surface area contributed by atoms with Gasteiger partial charge in [0.1, 0.15) is 5.75 Å². The van der Waals surface area contributed by atoms with Crippen molar-refractivity contribution in [3.05, 3.63) is 65.2 Å². The van der Waals surface area contributed by atoms with Crippen LogP contribution in [0.25, 0.3) is 12.2 Å². The highest BCUT2D eigenvalue weighted by molar-refractivity contribution is 5.69. The first-order valence-electron chi connectivity index (χ1n) is 8.25. The minimum Gasteiger partial charge on any atom is -0.494 e. The molecule has 0 N–H and O–H groups in total. The van der Waals surface area contributed by atoms with E-state index in [-0.39, 0.29) is 0 Å². The van der Waals surface area contributed by atoms with Gasteiger partial charge in [-0.2, -0.15) is 0 Å². The van der Waals surface area contributed by atoms with Gasteiger partial charge in [0, 0.05) is 0 Å². The van der Waals surface area contributed by atoms with Crippen LogP contribution in [0.3, 0.4) is 0 Å². The molecule has 2 rings (SSSR count). The third-order valence-electron chi connectivity index (χ3n) is 3.69. The zero-order chi connectivity index (χ0) is 15.6. The van der Waals surface area contributed by atoms with Crippen LogP contribution in [0.2, 0.25) is 0 Å². The summed E-state index contributed by atoms with van der Waals surface area (Å²) in [7, 11) is 0. The molecule has 0 atom stereocenters. The molecule has 0 radical (unpaired) electrons. The number of ether oxygens (including phenoxy) is 1. The lowest BCUT2D eigenvalue weighted by molar-refractivity contribution is 0.305. The molecule has 0 aliphatic rings. The van der Waals surface area contributed by atoms with Crippen molar-refractivity contribution in [2.75, 3.05) is 6.61 Å². The van der Waals surface area contributed by atoms with Crippen LogP contribution in [0.5, 0.6) is 5.75 Å². The minimum absolute atomic E-state index is 0.818. The van der Waals surface area contributed by atoms with E-state index in [4.69, 9.17) is 4.74 Å². The van der Waals surface area contributed by atoms with E-state index in [1.807, 2.05) is 0 Å². The predicted molar refractivity (Wildman–Crippen MR) is 96.2 cm³/mol. The Labute approximate surface area is 134 Å². The molecule has 0 aliphatic heterocycles. The Bertz CT molecular complexity index is 564. The Morgan fingerprint density at radius 3 is 1.95 bits per heavy atom. The van der Waals surface area contributed by atoms with Gasteiger partial charge in [0.15, 0.2) is 0 Å². The van der Waals surface area contributed by atoms with Crippen LogP contribution in [0.15, 0.2) is 48.5 Å². The molecular formula is C21H26O. The third kappa shape index (κ3) is 5.77. The molecule has 0 fully saturated rings. The quantitative estimate of drug-likeness (QED) is 0.420. The average Bonchev–Trinajstić information content (AvgIpc) is 2.55. The van der Waals surface area contributed by atoms with Crippen LogP contribution in [-0.2, 0) is 0 Å². The molecule has 0 aromatic heterocycles. The summed E-state index contributed by atoms with van der Waals surface area (Å²) >= 11 is 0. The summed E-state index contributed by atoms with van der Waals surface area (Å²) in [6.45, 7) is 5.15. The van der Waals surface area contributed by atoms with Crippen molar-refractivity contribution in [1.29, 1.82) is 0 Å². The maximum absolute atomic E-state index is 5.76. The fourth-order valence-corrected chi connectivity index (χ4v) is 2.26. The molecule has 0 saturated heterocycles. The predicted octanol–water partition coefficient (Wildman–Crippen LogP) is 6.12. The van der Waals surface area contributed by atoms with Crippen LogP contribution in [0.4, 0.5) is 0 Å². The van der Waals surface area contributed by atoms with E-state index in [1.54, 1.807) is 0 Å². The number of hydrogen-bond donors (Lipinski definition) is 0. The van der Waals surface area contributed by atoms with Gasteiger partial charge >= 0.3 is 0 Å². The van der Waals surface area contributed by atoms with Gasteiger partial charge in [0.05, 0.1) is 6.61 Å². The molecule has 0 amide bonds. The summed E-state index contributed by atoms with van der Waals surface area (Å²) in [5, 5.41) is 0. The molecule has 0 heterocycles. The molecule has 0 bridgehead atoms. The number of rotatable bonds is 8. The van der Waals surface area contributed by atoms with Crippen LogP contribution in [0.1, 0.15) is 49.3 Å². The Kier molecular flexibility index (Phi) is 6.76. The topological polar surface area (TPSA) is 9.23 Å². The van der Waals surface area contributed by atoms with Crippen molar-refractivity contribution in [2.45, 2.75) is 39.5 Å². The molecule has 0 aliphatic carbocycles. The van der Waals surface area contributed by atoms with E-state index in [2.05, 4.69) is 74.5 Å². The van der Waals surface area contributed by atoms with Crippen molar-refractivity contribution in [1.82, 2.24) is 0 Å². The van der Waals surface area contributed by atoms with E-state index >= 15 is 0 Å². The SMILES string of the molecule is CCCCCCOc1ccc(/C=C/c2ccc(C)cc2)cc1. The number of aryl methyl sites for hydroxylation is 1. The van der Waals surface area contributed by atoms with E-state index in [0.717, 1.165) is 18.8 Å². The lowest BCUT2D eigenvalue weighted by atomic mass is 10.1. The molecule has 116 valence electrons.